The molecule has 0 radical (unpaired) electrons. The van der Waals surface area contributed by atoms with Gasteiger partial charge >= 0.3 is 0 Å². The van der Waals surface area contributed by atoms with Gasteiger partial charge in [-0.1, -0.05) is 52.3 Å². The smallest absolute Gasteiger partial charge is 0.0211 e. The summed E-state index contributed by atoms with van der Waals surface area (Å²) in [5, 5.41) is 3.63. The van der Waals surface area contributed by atoms with Gasteiger partial charge in [0.1, 0.15) is 0 Å². The Hall–Kier alpha value is -1.12. The molecule has 1 N–H and O–H groups in total. The van der Waals surface area contributed by atoms with E-state index in [9.17, 15) is 0 Å². The zero-order valence-corrected chi connectivity index (χ0v) is 11.8. The van der Waals surface area contributed by atoms with Gasteiger partial charge in [-0.3, -0.25) is 0 Å². The molecule has 0 saturated heterocycles. The summed E-state index contributed by atoms with van der Waals surface area (Å²) in [5.41, 5.74) is 4.32. The van der Waals surface area contributed by atoms with Crippen molar-refractivity contribution in [2.45, 2.75) is 25.4 Å². The van der Waals surface area contributed by atoms with Crippen molar-refractivity contribution >= 4 is 15.9 Å². The molecule has 3 rings (SSSR count). The van der Waals surface area contributed by atoms with Crippen LogP contribution in [0.15, 0.2) is 53.0 Å². The van der Waals surface area contributed by atoms with E-state index in [2.05, 4.69) is 69.8 Å². The van der Waals surface area contributed by atoms with Gasteiger partial charge in [-0.15, -0.1) is 0 Å². The average Bonchev–Trinajstić information content (AvgIpc) is 2.40. The van der Waals surface area contributed by atoms with E-state index in [0.29, 0.717) is 6.04 Å². The fourth-order valence-corrected chi connectivity index (χ4v) is 3.00. The second kappa shape index (κ2) is 5.25. The van der Waals surface area contributed by atoms with Crippen LogP contribution in [-0.4, -0.2) is 6.04 Å². The maximum Gasteiger partial charge on any atom is 0.0211 e. The predicted molar refractivity (Wildman–Crippen MR) is 78.6 cm³/mol. The molecule has 0 bridgehead atoms. The van der Waals surface area contributed by atoms with Crippen LogP contribution in [0.4, 0.5) is 0 Å². The molecular formula is C16H16BrN. The molecular weight excluding hydrogens is 286 g/mol. The van der Waals surface area contributed by atoms with Crippen LogP contribution in [0.25, 0.3) is 0 Å². The number of benzene rings is 2. The number of fused-ring (bicyclic) bond motifs is 1. The van der Waals surface area contributed by atoms with E-state index in [1.54, 1.807) is 0 Å². The van der Waals surface area contributed by atoms with Crippen molar-refractivity contribution in [1.29, 1.82) is 0 Å². The van der Waals surface area contributed by atoms with E-state index in [1.165, 1.54) is 21.2 Å². The highest BCUT2D eigenvalue weighted by Crippen LogP contribution is 2.22. The molecule has 92 valence electrons. The van der Waals surface area contributed by atoms with Crippen molar-refractivity contribution in [1.82, 2.24) is 5.32 Å². The Balaban J connectivity index is 1.73. The number of hydrogen-bond acceptors (Lipinski definition) is 1. The molecule has 0 spiro atoms. The van der Waals surface area contributed by atoms with Crippen LogP contribution < -0.4 is 5.32 Å². The molecule has 1 aliphatic heterocycles. The quantitative estimate of drug-likeness (QED) is 0.892. The molecule has 0 aliphatic carbocycles. The Kier molecular flexibility index (Phi) is 3.48. The maximum absolute atomic E-state index is 3.63. The largest absolute Gasteiger partial charge is 0.309 e. The van der Waals surface area contributed by atoms with Crippen LogP contribution in [0.1, 0.15) is 16.7 Å². The topological polar surface area (TPSA) is 12.0 Å². The summed E-state index contributed by atoms with van der Waals surface area (Å²) < 4.78 is 1.17. The first kappa shape index (κ1) is 11.9. The molecule has 0 fully saturated rings. The van der Waals surface area contributed by atoms with E-state index in [-0.39, 0.29) is 0 Å². The Morgan fingerprint density at radius 3 is 2.72 bits per heavy atom. The average molecular weight is 302 g/mol. The standard InChI is InChI=1S/C16H16BrN/c17-15-7-6-13-10-16(18-11-14(13)9-15)8-12-4-2-1-3-5-12/h1-7,9,16,18H,8,10-11H2. The third-order valence-corrected chi connectivity index (χ3v) is 4.03. The minimum absolute atomic E-state index is 0.557. The maximum atomic E-state index is 3.63. The second-order valence-electron chi connectivity index (χ2n) is 4.88. The van der Waals surface area contributed by atoms with Crippen molar-refractivity contribution in [3.63, 3.8) is 0 Å². The number of hydrogen-bond donors (Lipinski definition) is 1. The van der Waals surface area contributed by atoms with Crippen LogP contribution in [0.3, 0.4) is 0 Å². The first-order valence-electron chi connectivity index (χ1n) is 6.36. The first-order chi connectivity index (χ1) is 8.81. The Morgan fingerprint density at radius 2 is 1.89 bits per heavy atom. The molecule has 1 heterocycles. The van der Waals surface area contributed by atoms with Crippen LogP contribution in [0, 0.1) is 0 Å². The highest BCUT2D eigenvalue weighted by Gasteiger charge is 2.18. The number of rotatable bonds is 2. The molecule has 0 saturated carbocycles. The molecule has 2 heteroatoms. The lowest BCUT2D eigenvalue weighted by molar-refractivity contribution is 0.477. The number of halogens is 1. The van der Waals surface area contributed by atoms with E-state index < -0.39 is 0 Å². The van der Waals surface area contributed by atoms with E-state index >= 15 is 0 Å². The lowest BCUT2D eigenvalue weighted by Crippen LogP contribution is -2.37. The summed E-state index contributed by atoms with van der Waals surface area (Å²) >= 11 is 3.53. The van der Waals surface area contributed by atoms with Crippen molar-refractivity contribution in [2.75, 3.05) is 0 Å². The Labute approximate surface area is 116 Å². The van der Waals surface area contributed by atoms with Crippen molar-refractivity contribution in [3.8, 4) is 0 Å². The summed E-state index contributed by atoms with van der Waals surface area (Å²) in [5.74, 6) is 0. The zero-order chi connectivity index (χ0) is 12.4. The normalized spacial score (nSPS) is 18.4. The SMILES string of the molecule is Brc1ccc2c(c1)CNC(Cc1ccccc1)C2. The molecule has 1 nitrogen and oxygen atoms in total. The molecule has 1 atom stereocenters. The van der Waals surface area contributed by atoms with Gasteiger partial charge in [-0.2, -0.15) is 0 Å². The van der Waals surface area contributed by atoms with Gasteiger partial charge < -0.3 is 5.32 Å². The van der Waals surface area contributed by atoms with E-state index in [0.717, 1.165) is 19.4 Å². The van der Waals surface area contributed by atoms with Crippen LogP contribution in [0.5, 0.6) is 0 Å². The molecule has 0 amide bonds. The predicted octanol–water partition coefficient (Wildman–Crippen LogP) is 3.71. The second-order valence-corrected chi connectivity index (χ2v) is 5.80. The summed E-state index contributed by atoms with van der Waals surface area (Å²) in [6.45, 7) is 0.978. The van der Waals surface area contributed by atoms with Crippen LogP contribution >= 0.6 is 15.9 Å². The van der Waals surface area contributed by atoms with Gasteiger partial charge in [0.15, 0.2) is 0 Å². The van der Waals surface area contributed by atoms with Crippen molar-refractivity contribution < 1.29 is 0 Å². The van der Waals surface area contributed by atoms with Gasteiger partial charge in [0.2, 0.25) is 0 Å². The Bertz CT molecular complexity index is 536. The monoisotopic (exact) mass is 301 g/mol. The van der Waals surface area contributed by atoms with Crippen LogP contribution in [-0.2, 0) is 19.4 Å². The van der Waals surface area contributed by atoms with E-state index in [1.807, 2.05) is 0 Å². The fraction of sp³-hybridized carbons (Fsp3) is 0.250. The summed E-state index contributed by atoms with van der Waals surface area (Å²) in [4.78, 5) is 0. The fourth-order valence-electron chi connectivity index (χ4n) is 2.59. The summed E-state index contributed by atoms with van der Waals surface area (Å²) in [7, 11) is 0. The minimum Gasteiger partial charge on any atom is -0.309 e. The van der Waals surface area contributed by atoms with Crippen molar-refractivity contribution in [3.05, 3.63) is 69.7 Å². The molecule has 1 unspecified atom stereocenters. The minimum atomic E-state index is 0.557. The lowest BCUT2D eigenvalue weighted by atomic mass is 9.92. The van der Waals surface area contributed by atoms with Gasteiger partial charge in [0, 0.05) is 17.1 Å². The summed E-state index contributed by atoms with van der Waals surface area (Å²) in [6, 6.07) is 17.9. The Morgan fingerprint density at radius 1 is 1.06 bits per heavy atom. The highest BCUT2D eigenvalue weighted by molar-refractivity contribution is 9.10. The molecule has 2 aromatic carbocycles. The summed E-state index contributed by atoms with van der Waals surface area (Å²) in [6.07, 6.45) is 2.23. The van der Waals surface area contributed by atoms with Gasteiger partial charge in [0.25, 0.3) is 0 Å². The van der Waals surface area contributed by atoms with Gasteiger partial charge in [-0.25, -0.2) is 0 Å². The molecule has 0 aromatic heterocycles. The van der Waals surface area contributed by atoms with Crippen LogP contribution in [0.2, 0.25) is 0 Å². The number of nitrogens with one attached hydrogen (secondary N) is 1. The first-order valence-corrected chi connectivity index (χ1v) is 7.15. The zero-order valence-electron chi connectivity index (χ0n) is 10.2. The molecule has 1 aliphatic rings. The lowest BCUT2D eigenvalue weighted by Gasteiger charge is -2.26. The third-order valence-electron chi connectivity index (χ3n) is 3.54. The molecule has 2 aromatic rings. The van der Waals surface area contributed by atoms with Gasteiger partial charge in [-0.05, 0) is 41.7 Å². The van der Waals surface area contributed by atoms with E-state index in [4.69, 9.17) is 0 Å². The highest BCUT2D eigenvalue weighted by atomic mass is 79.9. The van der Waals surface area contributed by atoms with Crippen molar-refractivity contribution in [2.24, 2.45) is 0 Å². The molecule has 18 heavy (non-hydrogen) atoms. The van der Waals surface area contributed by atoms with Gasteiger partial charge in [0.05, 0.1) is 0 Å². The third kappa shape index (κ3) is 2.65.